The van der Waals surface area contributed by atoms with Gasteiger partial charge in [-0.2, -0.15) is 0 Å². The second kappa shape index (κ2) is 6.74. The zero-order chi connectivity index (χ0) is 17.2. The Bertz CT molecular complexity index is 832. The van der Waals surface area contributed by atoms with Gasteiger partial charge in [-0.15, -0.1) is 0 Å². The second-order valence-electron chi connectivity index (χ2n) is 7.24. The summed E-state index contributed by atoms with van der Waals surface area (Å²) < 4.78 is 0. The predicted octanol–water partition coefficient (Wildman–Crippen LogP) is 5.52. The predicted molar refractivity (Wildman–Crippen MR) is 107 cm³/mol. The number of nitrogens with zero attached hydrogens (tertiary/aromatic N) is 1. The van der Waals surface area contributed by atoms with E-state index >= 15 is 0 Å². The lowest BCUT2D eigenvalue weighted by Crippen LogP contribution is -2.40. The summed E-state index contributed by atoms with van der Waals surface area (Å²) in [6, 6.07) is 21.4. The van der Waals surface area contributed by atoms with E-state index in [1.54, 1.807) is 0 Å². The summed E-state index contributed by atoms with van der Waals surface area (Å²) in [4.78, 5) is 4.84. The first kappa shape index (κ1) is 16.7. The Kier molecular flexibility index (Phi) is 4.68. The molecule has 0 amide bonds. The summed E-state index contributed by atoms with van der Waals surface area (Å²) >= 11 is 0. The molecule has 122 valence electrons. The van der Waals surface area contributed by atoms with E-state index in [1.165, 1.54) is 27.4 Å². The number of benzene rings is 2. The van der Waals surface area contributed by atoms with Crippen LogP contribution in [0.25, 0.3) is 22.4 Å². The van der Waals surface area contributed by atoms with Crippen molar-refractivity contribution in [2.24, 2.45) is 0 Å². The maximum atomic E-state index is 4.84. The first-order valence-corrected chi connectivity index (χ1v) is 12.1. The van der Waals surface area contributed by atoms with Crippen molar-refractivity contribution in [3.8, 4) is 22.4 Å². The Morgan fingerprint density at radius 3 is 2.08 bits per heavy atom. The molecule has 1 aromatic heterocycles. The molecule has 0 N–H and O–H groups in total. The van der Waals surface area contributed by atoms with Crippen molar-refractivity contribution < 1.29 is 0 Å². The van der Waals surface area contributed by atoms with Gasteiger partial charge in [0.1, 0.15) is 0 Å². The zero-order valence-electron chi connectivity index (χ0n) is 15.0. The summed E-state index contributed by atoms with van der Waals surface area (Å²) in [5, 5.41) is 1.48. The number of hydrogen-bond acceptors (Lipinski definition) is 1. The fraction of sp³-hybridized carbons (Fsp3) is 0.227. The van der Waals surface area contributed by atoms with E-state index < -0.39 is 8.07 Å². The van der Waals surface area contributed by atoms with Crippen LogP contribution in [0.15, 0.2) is 66.9 Å². The Morgan fingerprint density at radius 1 is 0.833 bits per heavy atom. The van der Waals surface area contributed by atoms with Crippen molar-refractivity contribution >= 4 is 13.3 Å². The van der Waals surface area contributed by atoms with E-state index in [0.29, 0.717) is 0 Å². The number of aromatic nitrogens is 1. The van der Waals surface area contributed by atoms with Gasteiger partial charge in [-0.25, -0.2) is 0 Å². The van der Waals surface area contributed by atoms with Crippen LogP contribution in [-0.4, -0.2) is 13.1 Å². The molecule has 0 saturated heterocycles. The van der Waals surface area contributed by atoms with Gasteiger partial charge in [0.05, 0.1) is 13.8 Å². The normalized spacial score (nSPS) is 11.5. The molecule has 1 heterocycles. The van der Waals surface area contributed by atoms with Crippen molar-refractivity contribution in [3.63, 3.8) is 0 Å². The number of aryl methyl sites for hydroxylation is 1. The fourth-order valence-corrected chi connectivity index (χ4v) is 4.85. The molecular formula is C22H25NSi. The summed E-state index contributed by atoms with van der Waals surface area (Å²) in [6.45, 7) is 9.41. The summed E-state index contributed by atoms with van der Waals surface area (Å²) in [5.41, 5.74) is 6.21. The highest BCUT2D eigenvalue weighted by atomic mass is 28.3. The monoisotopic (exact) mass is 331 g/mol. The standard InChI is InChI=1S/C22H25NSi/c1-5-17-15-21(23-16-22(17)24(2,3)4)20-14-10-9-13-19(20)18-11-7-6-8-12-18/h6-16H,5H2,1-4H3. The maximum absolute atomic E-state index is 4.84. The van der Waals surface area contributed by atoms with Gasteiger partial charge in [0.15, 0.2) is 0 Å². The minimum absolute atomic E-state index is 1.06. The lowest BCUT2D eigenvalue weighted by molar-refractivity contribution is 1.13. The number of rotatable bonds is 4. The summed E-state index contributed by atoms with van der Waals surface area (Å²) in [7, 11) is -1.36. The molecule has 0 saturated carbocycles. The molecular weight excluding hydrogens is 306 g/mol. The fourth-order valence-electron chi connectivity index (χ4n) is 3.19. The SMILES string of the molecule is CCc1cc(-c2ccccc2-c2ccccc2)ncc1[Si](C)(C)C. The molecule has 0 atom stereocenters. The van der Waals surface area contributed by atoms with Crippen molar-refractivity contribution in [2.45, 2.75) is 33.0 Å². The molecule has 24 heavy (non-hydrogen) atoms. The Hall–Kier alpha value is -2.19. The average molecular weight is 332 g/mol. The summed E-state index contributed by atoms with van der Waals surface area (Å²) in [5.74, 6) is 0. The van der Waals surface area contributed by atoms with E-state index in [1.807, 2.05) is 0 Å². The molecule has 0 radical (unpaired) electrons. The Balaban J connectivity index is 2.14. The minimum Gasteiger partial charge on any atom is -0.256 e. The van der Waals surface area contributed by atoms with Gasteiger partial charge < -0.3 is 0 Å². The van der Waals surface area contributed by atoms with Gasteiger partial charge >= 0.3 is 0 Å². The molecule has 0 aliphatic rings. The van der Waals surface area contributed by atoms with E-state index in [0.717, 1.165) is 12.1 Å². The molecule has 0 bridgehead atoms. The van der Waals surface area contributed by atoms with Crippen LogP contribution in [0.3, 0.4) is 0 Å². The van der Waals surface area contributed by atoms with Gasteiger partial charge in [-0.3, -0.25) is 4.98 Å². The molecule has 2 aromatic carbocycles. The van der Waals surface area contributed by atoms with Crippen LogP contribution in [0, 0.1) is 0 Å². The molecule has 3 aromatic rings. The van der Waals surface area contributed by atoms with Crippen molar-refractivity contribution in [1.82, 2.24) is 4.98 Å². The smallest absolute Gasteiger partial charge is 0.0799 e. The third kappa shape index (κ3) is 3.34. The van der Waals surface area contributed by atoms with Crippen molar-refractivity contribution in [1.29, 1.82) is 0 Å². The maximum Gasteiger partial charge on any atom is 0.0799 e. The van der Waals surface area contributed by atoms with Crippen molar-refractivity contribution in [2.75, 3.05) is 0 Å². The van der Waals surface area contributed by atoms with Crippen molar-refractivity contribution in [3.05, 3.63) is 72.4 Å². The topological polar surface area (TPSA) is 12.9 Å². The van der Waals surface area contributed by atoms with Gasteiger partial charge in [0.25, 0.3) is 0 Å². The lowest BCUT2D eigenvalue weighted by atomic mass is 9.96. The Labute approximate surface area is 146 Å². The van der Waals surface area contributed by atoms with Gasteiger partial charge in [-0.1, -0.05) is 81.2 Å². The van der Waals surface area contributed by atoms with Crippen LogP contribution in [0.2, 0.25) is 19.6 Å². The number of pyridine rings is 1. The van der Waals surface area contributed by atoms with Crippen LogP contribution < -0.4 is 5.19 Å². The summed E-state index contributed by atoms with van der Waals surface area (Å²) in [6.07, 6.45) is 3.19. The lowest BCUT2D eigenvalue weighted by Gasteiger charge is -2.21. The van der Waals surface area contributed by atoms with Gasteiger partial charge in [-0.05, 0) is 34.4 Å². The molecule has 0 spiro atoms. The minimum atomic E-state index is -1.36. The molecule has 3 rings (SSSR count). The average Bonchev–Trinajstić information content (AvgIpc) is 2.61. The number of hydrogen-bond donors (Lipinski definition) is 0. The third-order valence-electron chi connectivity index (χ3n) is 4.47. The van der Waals surface area contributed by atoms with E-state index in [2.05, 4.69) is 93.4 Å². The van der Waals surface area contributed by atoms with E-state index in [9.17, 15) is 0 Å². The van der Waals surface area contributed by atoms with Gasteiger partial charge in [0, 0.05) is 11.8 Å². The quantitative estimate of drug-likeness (QED) is 0.573. The van der Waals surface area contributed by atoms with Crippen LogP contribution in [-0.2, 0) is 6.42 Å². The first-order chi connectivity index (χ1) is 11.5. The molecule has 0 aliphatic heterocycles. The highest BCUT2D eigenvalue weighted by molar-refractivity contribution is 6.89. The Morgan fingerprint density at radius 2 is 1.46 bits per heavy atom. The van der Waals surface area contributed by atoms with Crippen LogP contribution in [0.1, 0.15) is 12.5 Å². The highest BCUT2D eigenvalue weighted by Gasteiger charge is 2.21. The van der Waals surface area contributed by atoms with Gasteiger partial charge in [0.2, 0.25) is 0 Å². The van der Waals surface area contributed by atoms with Crippen LogP contribution >= 0.6 is 0 Å². The second-order valence-corrected chi connectivity index (χ2v) is 12.3. The molecule has 1 nitrogen and oxygen atoms in total. The third-order valence-corrected chi connectivity index (χ3v) is 6.53. The molecule has 0 unspecified atom stereocenters. The first-order valence-electron chi connectivity index (χ1n) is 8.65. The molecule has 0 fully saturated rings. The van der Waals surface area contributed by atoms with Crippen LogP contribution in [0.5, 0.6) is 0 Å². The molecule has 2 heteroatoms. The zero-order valence-corrected chi connectivity index (χ0v) is 16.0. The van der Waals surface area contributed by atoms with E-state index in [4.69, 9.17) is 4.98 Å². The van der Waals surface area contributed by atoms with Crippen LogP contribution in [0.4, 0.5) is 0 Å². The largest absolute Gasteiger partial charge is 0.256 e. The highest BCUT2D eigenvalue weighted by Crippen LogP contribution is 2.31. The molecule has 0 aliphatic carbocycles. The van der Waals surface area contributed by atoms with E-state index in [-0.39, 0.29) is 0 Å².